The lowest BCUT2D eigenvalue weighted by Crippen LogP contribution is -2.40. The van der Waals surface area contributed by atoms with E-state index in [0.717, 1.165) is 0 Å². The van der Waals surface area contributed by atoms with Crippen molar-refractivity contribution in [3.05, 3.63) is 58.6 Å². The van der Waals surface area contributed by atoms with Crippen molar-refractivity contribution in [3.8, 4) is 0 Å². The van der Waals surface area contributed by atoms with Crippen LogP contribution in [0.2, 0.25) is 5.02 Å². The minimum atomic E-state index is -3.99. The zero-order chi connectivity index (χ0) is 15.9. The normalized spacial score (nSPS) is 15.4. The van der Waals surface area contributed by atoms with Gasteiger partial charge in [-0.25, -0.2) is 17.9 Å². The molecule has 2 N–H and O–H groups in total. The number of nitrogens with one attached hydrogen (secondary N) is 2. The molecular formula is C14H9ClN2O4S. The Morgan fingerprint density at radius 2 is 1.68 bits per heavy atom. The fourth-order valence-corrected chi connectivity index (χ4v) is 3.49. The lowest BCUT2D eigenvalue weighted by molar-refractivity contribution is 0.103. The van der Waals surface area contributed by atoms with Crippen LogP contribution in [-0.2, 0) is 10.0 Å². The van der Waals surface area contributed by atoms with E-state index in [0.29, 0.717) is 0 Å². The molecule has 112 valence electrons. The zero-order valence-corrected chi connectivity index (χ0v) is 12.5. The fraction of sp³-hybridized carbons (Fsp3) is 0. The van der Waals surface area contributed by atoms with Crippen LogP contribution >= 0.6 is 11.6 Å². The number of urea groups is 1. The van der Waals surface area contributed by atoms with Crippen molar-refractivity contribution >= 4 is 39.1 Å². The Labute approximate surface area is 131 Å². The highest BCUT2D eigenvalue weighted by Gasteiger charge is 2.31. The molecule has 1 heterocycles. The summed E-state index contributed by atoms with van der Waals surface area (Å²) in [6, 6.07) is 9.67. The number of benzene rings is 2. The third-order valence-electron chi connectivity index (χ3n) is 3.14. The molecule has 0 aliphatic carbocycles. The summed E-state index contributed by atoms with van der Waals surface area (Å²) in [5.41, 5.74) is 0.239. The molecule has 0 unspecified atom stereocenters. The number of ketones is 1. The van der Waals surface area contributed by atoms with Gasteiger partial charge in [-0.2, -0.15) is 0 Å². The number of carbonyl (C=O) groups excluding carboxylic acids is 2. The van der Waals surface area contributed by atoms with Crippen LogP contribution in [0.1, 0.15) is 15.9 Å². The summed E-state index contributed by atoms with van der Waals surface area (Å²) in [6.07, 6.45) is 0. The van der Waals surface area contributed by atoms with E-state index in [2.05, 4.69) is 5.32 Å². The molecule has 6 nitrogen and oxygen atoms in total. The second-order valence-corrected chi connectivity index (χ2v) is 6.61. The minimum Gasteiger partial charge on any atom is -0.305 e. The topological polar surface area (TPSA) is 92.3 Å². The number of hydrogen-bond donors (Lipinski definition) is 2. The highest BCUT2D eigenvalue weighted by Crippen LogP contribution is 2.31. The number of hydrogen-bond acceptors (Lipinski definition) is 4. The molecule has 0 saturated heterocycles. The highest BCUT2D eigenvalue weighted by atomic mass is 35.5. The maximum absolute atomic E-state index is 12.6. The second kappa shape index (κ2) is 5.11. The molecule has 1 aliphatic heterocycles. The first-order chi connectivity index (χ1) is 10.4. The van der Waals surface area contributed by atoms with E-state index < -0.39 is 21.8 Å². The molecule has 0 bridgehead atoms. The predicted molar refractivity (Wildman–Crippen MR) is 80.7 cm³/mol. The van der Waals surface area contributed by atoms with Crippen LogP contribution < -0.4 is 10.0 Å². The summed E-state index contributed by atoms with van der Waals surface area (Å²) in [5, 5.41) is 2.60. The summed E-state index contributed by atoms with van der Waals surface area (Å²) in [4.78, 5) is 23.9. The van der Waals surface area contributed by atoms with E-state index in [1.54, 1.807) is 18.2 Å². The van der Waals surface area contributed by atoms with Gasteiger partial charge in [0.25, 0.3) is 10.0 Å². The molecule has 0 spiro atoms. The van der Waals surface area contributed by atoms with Crippen molar-refractivity contribution in [1.29, 1.82) is 0 Å². The molecular weight excluding hydrogens is 328 g/mol. The quantitative estimate of drug-likeness (QED) is 0.824. The molecule has 0 atom stereocenters. The fourth-order valence-electron chi connectivity index (χ4n) is 2.18. The van der Waals surface area contributed by atoms with Gasteiger partial charge in [-0.15, -0.1) is 0 Å². The van der Waals surface area contributed by atoms with E-state index in [1.807, 2.05) is 4.72 Å². The van der Waals surface area contributed by atoms with Gasteiger partial charge in [0.05, 0.1) is 10.7 Å². The van der Waals surface area contributed by atoms with Gasteiger partial charge < -0.3 is 5.32 Å². The van der Waals surface area contributed by atoms with E-state index in [-0.39, 0.29) is 26.7 Å². The number of para-hydroxylation sites is 1. The largest absolute Gasteiger partial charge is 0.333 e. The monoisotopic (exact) mass is 336 g/mol. The molecule has 0 fully saturated rings. The van der Waals surface area contributed by atoms with Gasteiger partial charge >= 0.3 is 6.03 Å². The Morgan fingerprint density at radius 1 is 1.00 bits per heavy atom. The maximum atomic E-state index is 12.6. The number of fused-ring (bicyclic) bond motifs is 1. The van der Waals surface area contributed by atoms with Crippen molar-refractivity contribution < 1.29 is 18.0 Å². The summed E-state index contributed by atoms with van der Waals surface area (Å²) < 4.78 is 25.7. The Morgan fingerprint density at radius 3 is 2.41 bits per heavy atom. The van der Waals surface area contributed by atoms with Crippen LogP contribution in [0, 0.1) is 0 Å². The van der Waals surface area contributed by atoms with Gasteiger partial charge in [0.1, 0.15) is 4.90 Å². The van der Waals surface area contributed by atoms with E-state index in [1.165, 1.54) is 24.3 Å². The first kappa shape index (κ1) is 14.6. The second-order valence-electron chi connectivity index (χ2n) is 4.55. The zero-order valence-electron chi connectivity index (χ0n) is 11.0. The SMILES string of the molecule is O=C1Nc2c(C(=O)c3ccccc3Cl)cccc2S(=O)(=O)N1. The Balaban J connectivity index is 2.20. The van der Waals surface area contributed by atoms with Crippen LogP contribution in [0.5, 0.6) is 0 Å². The summed E-state index contributed by atoms with van der Waals surface area (Å²) in [7, 11) is -3.99. The van der Waals surface area contributed by atoms with Gasteiger partial charge in [-0.05, 0) is 24.3 Å². The van der Waals surface area contributed by atoms with Crippen LogP contribution in [0.4, 0.5) is 10.5 Å². The van der Waals surface area contributed by atoms with Gasteiger partial charge in [-0.1, -0.05) is 29.8 Å². The lowest BCUT2D eigenvalue weighted by Gasteiger charge is -2.20. The van der Waals surface area contributed by atoms with Gasteiger partial charge in [0.2, 0.25) is 0 Å². The number of amides is 2. The Kier molecular flexibility index (Phi) is 3.38. The van der Waals surface area contributed by atoms with Crippen molar-refractivity contribution in [2.45, 2.75) is 4.90 Å². The molecule has 22 heavy (non-hydrogen) atoms. The number of sulfonamides is 1. The molecule has 2 amide bonds. The third-order valence-corrected chi connectivity index (χ3v) is 4.85. The standard InChI is InChI=1S/C14H9ClN2O4S/c15-10-6-2-1-4-8(10)13(18)9-5-3-7-11-12(9)16-14(19)17-22(11,20)21/h1-7H,(H2,16,17,19). The van der Waals surface area contributed by atoms with Gasteiger partial charge in [0.15, 0.2) is 5.78 Å². The summed E-state index contributed by atoms with van der Waals surface area (Å²) in [5.74, 6) is -0.472. The Hall–Kier alpha value is -2.38. The smallest absolute Gasteiger partial charge is 0.305 e. The van der Waals surface area contributed by atoms with Crippen molar-refractivity contribution in [1.82, 2.24) is 4.72 Å². The molecule has 0 aromatic heterocycles. The third kappa shape index (κ3) is 2.34. The average molecular weight is 337 g/mol. The summed E-state index contributed by atoms with van der Waals surface area (Å²) in [6.45, 7) is 0. The molecule has 0 saturated carbocycles. The predicted octanol–water partition coefficient (Wildman–Crippen LogP) is 2.39. The Bertz CT molecular complexity index is 909. The lowest BCUT2D eigenvalue weighted by atomic mass is 10.0. The number of anilines is 1. The number of carbonyl (C=O) groups is 2. The van der Waals surface area contributed by atoms with Crippen LogP contribution in [-0.4, -0.2) is 20.2 Å². The molecule has 2 aromatic carbocycles. The molecule has 2 aromatic rings. The molecule has 8 heteroatoms. The number of rotatable bonds is 2. The average Bonchev–Trinajstić information content (AvgIpc) is 2.45. The number of halogens is 1. The van der Waals surface area contributed by atoms with E-state index in [4.69, 9.17) is 11.6 Å². The van der Waals surface area contributed by atoms with Crippen molar-refractivity contribution in [2.24, 2.45) is 0 Å². The van der Waals surface area contributed by atoms with Crippen molar-refractivity contribution in [3.63, 3.8) is 0 Å². The van der Waals surface area contributed by atoms with Crippen LogP contribution in [0.3, 0.4) is 0 Å². The molecule has 0 radical (unpaired) electrons. The first-order valence-corrected chi connectivity index (χ1v) is 8.02. The van der Waals surface area contributed by atoms with E-state index in [9.17, 15) is 18.0 Å². The van der Waals surface area contributed by atoms with Gasteiger partial charge in [-0.3, -0.25) is 4.79 Å². The maximum Gasteiger partial charge on any atom is 0.333 e. The van der Waals surface area contributed by atoms with Crippen LogP contribution in [0.15, 0.2) is 47.4 Å². The highest BCUT2D eigenvalue weighted by molar-refractivity contribution is 7.90. The molecule has 3 rings (SSSR count). The van der Waals surface area contributed by atoms with Crippen molar-refractivity contribution in [2.75, 3.05) is 5.32 Å². The minimum absolute atomic E-state index is 0.0452. The van der Waals surface area contributed by atoms with Crippen LogP contribution in [0.25, 0.3) is 0 Å². The van der Waals surface area contributed by atoms with Gasteiger partial charge in [0, 0.05) is 11.1 Å². The van der Waals surface area contributed by atoms with E-state index >= 15 is 0 Å². The first-order valence-electron chi connectivity index (χ1n) is 6.16. The molecule has 1 aliphatic rings. The summed E-state index contributed by atoms with van der Waals surface area (Å²) >= 11 is 6.00.